The molecule has 2 rings (SSSR count). The molecular formula is C10H14N4O3S. The van der Waals surface area contributed by atoms with Gasteiger partial charge in [-0.05, 0) is 5.92 Å². The van der Waals surface area contributed by atoms with Crippen molar-refractivity contribution in [3.63, 3.8) is 0 Å². The van der Waals surface area contributed by atoms with Crippen LogP contribution >= 0.6 is 0 Å². The summed E-state index contributed by atoms with van der Waals surface area (Å²) in [6, 6.07) is 1.42. The van der Waals surface area contributed by atoms with E-state index in [0.29, 0.717) is 12.5 Å². The standard InChI is InChI=1S/C10H14N4O3S/c1-8(2)5-14-6-10(11-7-14)18(15,16)13-9-3-4-17-12-9/h3-4,6-8H,5H2,1-2H3,(H,12,13). The Hall–Kier alpha value is -1.83. The third-order valence-electron chi connectivity index (χ3n) is 2.14. The summed E-state index contributed by atoms with van der Waals surface area (Å²) < 4.78 is 32.4. The smallest absolute Gasteiger partial charge is 0.282 e. The van der Waals surface area contributed by atoms with E-state index in [4.69, 9.17) is 0 Å². The molecule has 0 aliphatic rings. The molecule has 0 unspecified atom stereocenters. The van der Waals surface area contributed by atoms with Gasteiger partial charge in [0.15, 0.2) is 10.8 Å². The summed E-state index contributed by atoms with van der Waals surface area (Å²) in [4.78, 5) is 3.88. The summed E-state index contributed by atoms with van der Waals surface area (Å²) in [5.41, 5.74) is 0. The maximum atomic E-state index is 11.9. The van der Waals surface area contributed by atoms with Crippen LogP contribution in [-0.4, -0.2) is 23.1 Å². The van der Waals surface area contributed by atoms with Crippen LogP contribution in [-0.2, 0) is 16.6 Å². The first-order valence-corrected chi connectivity index (χ1v) is 6.90. The lowest BCUT2D eigenvalue weighted by Gasteiger charge is -2.04. The van der Waals surface area contributed by atoms with Crippen LogP contribution in [0.1, 0.15) is 13.8 Å². The number of sulfonamides is 1. The van der Waals surface area contributed by atoms with Gasteiger partial charge in [0.25, 0.3) is 10.0 Å². The van der Waals surface area contributed by atoms with Crippen LogP contribution < -0.4 is 4.72 Å². The maximum absolute atomic E-state index is 11.9. The molecular weight excluding hydrogens is 256 g/mol. The maximum Gasteiger partial charge on any atom is 0.282 e. The Morgan fingerprint density at radius 3 is 2.89 bits per heavy atom. The molecule has 0 amide bonds. The number of hydrogen-bond acceptors (Lipinski definition) is 5. The summed E-state index contributed by atoms with van der Waals surface area (Å²) >= 11 is 0. The third-order valence-corrected chi connectivity index (χ3v) is 3.38. The SMILES string of the molecule is CC(C)Cn1cnc(S(=O)(=O)Nc2ccon2)c1. The number of anilines is 1. The highest BCUT2D eigenvalue weighted by Crippen LogP contribution is 2.12. The van der Waals surface area contributed by atoms with E-state index in [1.165, 1.54) is 24.9 Å². The van der Waals surface area contributed by atoms with Gasteiger partial charge in [-0.1, -0.05) is 19.0 Å². The quantitative estimate of drug-likeness (QED) is 0.885. The van der Waals surface area contributed by atoms with Crippen molar-refractivity contribution in [1.29, 1.82) is 0 Å². The van der Waals surface area contributed by atoms with Gasteiger partial charge in [-0.2, -0.15) is 8.42 Å². The molecule has 1 N–H and O–H groups in total. The largest absolute Gasteiger partial charge is 0.363 e. The van der Waals surface area contributed by atoms with Crippen molar-refractivity contribution < 1.29 is 12.9 Å². The van der Waals surface area contributed by atoms with Crippen molar-refractivity contribution in [3.05, 3.63) is 24.9 Å². The Morgan fingerprint density at radius 1 is 1.50 bits per heavy atom. The lowest BCUT2D eigenvalue weighted by molar-refractivity contribution is 0.423. The van der Waals surface area contributed by atoms with E-state index < -0.39 is 10.0 Å². The van der Waals surface area contributed by atoms with Gasteiger partial charge < -0.3 is 9.09 Å². The minimum absolute atomic E-state index is 0.0360. The van der Waals surface area contributed by atoms with E-state index in [0.717, 1.165) is 0 Å². The second-order valence-corrected chi connectivity index (χ2v) is 5.92. The highest BCUT2D eigenvalue weighted by molar-refractivity contribution is 7.92. The zero-order chi connectivity index (χ0) is 13.2. The Morgan fingerprint density at radius 2 is 2.28 bits per heavy atom. The molecule has 0 fully saturated rings. The lowest BCUT2D eigenvalue weighted by atomic mass is 10.2. The lowest BCUT2D eigenvalue weighted by Crippen LogP contribution is -2.13. The summed E-state index contributed by atoms with van der Waals surface area (Å²) in [7, 11) is -3.70. The van der Waals surface area contributed by atoms with Crippen LogP contribution in [0.15, 0.2) is 34.4 Å². The second kappa shape index (κ2) is 4.81. The van der Waals surface area contributed by atoms with Crippen molar-refractivity contribution >= 4 is 15.8 Å². The molecule has 0 aromatic carbocycles. The molecule has 0 radical (unpaired) electrons. The molecule has 8 heteroatoms. The van der Waals surface area contributed by atoms with E-state index in [2.05, 4.69) is 19.4 Å². The molecule has 2 heterocycles. The monoisotopic (exact) mass is 270 g/mol. The molecule has 2 aromatic heterocycles. The fourth-order valence-electron chi connectivity index (χ4n) is 1.45. The Labute approximate surface area is 105 Å². The summed E-state index contributed by atoms with van der Waals surface area (Å²) in [5, 5.41) is 3.45. The molecule has 7 nitrogen and oxygen atoms in total. The first-order chi connectivity index (χ1) is 8.47. The van der Waals surface area contributed by atoms with Gasteiger partial charge in [-0.25, -0.2) is 4.98 Å². The highest BCUT2D eigenvalue weighted by atomic mass is 32.2. The molecule has 0 spiro atoms. The number of imidazole rings is 1. The topological polar surface area (TPSA) is 90.0 Å². The fraction of sp³-hybridized carbons (Fsp3) is 0.400. The third kappa shape index (κ3) is 2.89. The van der Waals surface area contributed by atoms with E-state index in [1.54, 1.807) is 4.57 Å². The van der Waals surface area contributed by atoms with Gasteiger partial charge in [0, 0.05) is 18.8 Å². The molecule has 2 aromatic rings. The van der Waals surface area contributed by atoms with Crippen molar-refractivity contribution in [3.8, 4) is 0 Å². The van der Waals surface area contributed by atoms with Crippen LogP contribution in [0.4, 0.5) is 5.82 Å². The minimum Gasteiger partial charge on any atom is -0.363 e. The van der Waals surface area contributed by atoms with Crippen LogP contribution in [0.25, 0.3) is 0 Å². The van der Waals surface area contributed by atoms with Gasteiger partial charge >= 0.3 is 0 Å². The number of aromatic nitrogens is 3. The average Bonchev–Trinajstić information content (AvgIpc) is 2.87. The zero-order valence-electron chi connectivity index (χ0n) is 10.1. The fourth-order valence-corrected chi connectivity index (χ4v) is 2.40. The van der Waals surface area contributed by atoms with Gasteiger partial charge in [-0.15, -0.1) is 0 Å². The Kier molecular flexibility index (Phi) is 3.37. The van der Waals surface area contributed by atoms with Gasteiger partial charge in [0.2, 0.25) is 0 Å². The number of nitrogens with zero attached hydrogens (tertiary/aromatic N) is 3. The van der Waals surface area contributed by atoms with Gasteiger partial charge in [0.05, 0.1) is 6.33 Å². The molecule has 98 valence electrons. The van der Waals surface area contributed by atoms with Gasteiger partial charge in [0.1, 0.15) is 6.26 Å². The molecule has 0 bridgehead atoms. The normalized spacial score (nSPS) is 11.9. The molecule has 0 atom stereocenters. The zero-order valence-corrected chi connectivity index (χ0v) is 10.9. The van der Waals surface area contributed by atoms with E-state index in [1.807, 2.05) is 13.8 Å². The van der Waals surface area contributed by atoms with Crippen molar-refractivity contribution in [1.82, 2.24) is 14.7 Å². The number of nitrogens with one attached hydrogen (secondary N) is 1. The summed E-state index contributed by atoms with van der Waals surface area (Å²) in [6.07, 6.45) is 4.27. The van der Waals surface area contributed by atoms with Crippen molar-refractivity contribution in [2.24, 2.45) is 5.92 Å². The molecule has 0 aliphatic heterocycles. The highest BCUT2D eigenvalue weighted by Gasteiger charge is 2.18. The Bertz CT molecular complexity index is 601. The van der Waals surface area contributed by atoms with E-state index in [9.17, 15) is 8.42 Å². The van der Waals surface area contributed by atoms with Crippen LogP contribution in [0.2, 0.25) is 0 Å². The number of hydrogen-bond donors (Lipinski definition) is 1. The first kappa shape index (κ1) is 12.6. The van der Waals surface area contributed by atoms with E-state index >= 15 is 0 Å². The minimum atomic E-state index is -3.70. The Balaban J connectivity index is 2.17. The molecule has 0 saturated carbocycles. The predicted molar refractivity (Wildman–Crippen MR) is 64.4 cm³/mol. The summed E-state index contributed by atoms with van der Waals surface area (Å²) in [5.74, 6) is 0.548. The molecule has 0 aliphatic carbocycles. The van der Waals surface area contributed by atoms with Crippen LogP contribution in [0.3, 0.4) is 0 Å². The average molecular weight is 270 g/mol. The van der Waals surface area contributed by atoms with Crippen LogP contribution in [0, 0.1) is 5.92 Å². The first-order valence-electron chi connectivity index (χ1n) is 5.42. The molecule has 0 saturated heterocycles. The predicted octanol–water partition coefficient (Wildman–Crippen LogP) is 1.33. The van der Waals surface area contributed by atoms with Gasteiger partial charge in [-0.3, -0.25) is 4.72 Å². The summed E-state index contributed by atoms with van der Waals surface area (Å²) in [6.45, 7) is 4.80. The second-order valence-electron chi connectivity index (χ2n) is 4.29. The number of rotatable bonds is 5. The van der Waals surface area contributed by atoms with E-state index in [-0.39, 0.29) is 10.8 Å². The van der Waals surface area contributed by atoms with Crippen molar-refractivity contribution in [2.75, 3.05) is 4.72 Å². The molecule has 18 heavy (non-hydrogen) atoms. The van der Waals surface area contributed by atoms with Crippen molar-refractivity contribution in [2.45, 2.75) is 25.4 Å². The van der Waals surface area contributed by atoms with Crippen LogP contribution in [0.5, 0.6) is 0 Å².